The van der Waals surface area contributed by atoms with E-state index in [1.54, 1.807) is 7.11 Å². The first-order valence-electron chi connectivity index (χ1n) is 9.25. The summed E-state index contributed by atoms with van der Waals surface area (Å²) in [6.07, 6.45) is 3.75. The van der Waals surface area contributed by atoms with Crippen LogP contribution in [0.2, 0.25) is 0 Å². The maximum absolute atomic E-state index is 9.98. The van der Waals surface area contributed by atoms with Crippen LogP contribution in [-0.4, -0.2) is 50.5 Å². The number of unbranched alkanes of at least 4 members (excludes halogenated alkanes) is 1. The third-order valence-electron chi connectivity index (χ3n) is 4.28. The molecule has 0 heterocycles. The average Bonchev–Trinajstić information content (AvgIpc) is 2.64. The summed E-state index contributed by atoms with van der Waals surface area (Å²) in [5.41, 5.74) is 2.51. The minimum Gasteiger partial charge on any atom is -0.497 e. The first kappa shape index (κ1) is 20.3. The molecule has 4 heteroatoms. The summed E-state index contributed by atoms with van der Waals surface area (Å²) in [6.45, 7) is 0.918. The SMILES string of the molecule is COc1cccc(CCCCc2ccccc2OCC(O)CN(C)C)c1. The third kappa shape index (κ3) is 7.06. The van der Waals surface area contributed by atoms with Gasteiger partial charge in [-0.2, -0.15) is 0 Å². The lowest BCUT2D eigenvalue weighted by Gasteiger charge is -2.18. The highest BCUT2D eigenvalue weighted by Crippen LogP contribution is 2.21. The van der Waals surface area contributed by atoms with Crippen LogP contribution in [0.25, 0.3) is 0 Å². The van der Waals surface area contributed by atoms with Gasteiger partial charge in [-0.3, -0.25) is 0 Å². The Kier molecular flexibility index (Phi) is 8.45. The molecule has 0 bridgehead atoms. The van der Waals surface area contributed by atoms with Crippen molar-refractivity contribution in [2.24, 2.45) is 0 Å². The standard InChI is InChI=1S/C22H31NO3/c1-23(2)16-20(24)17-26-22-14-7-6-12-19(22)11-5-4-9-18-10-8-13-21(15-18)25-3/h6-8,10,12-15,20,24H,4-5,9,11,16-17H2,1-3H3. The van der Waals surface area contributed by atoms with Gasteiger partial charge in [0.1, 0.15) is 24.2 Å². The maximum Gasteiger partial charge on any atom is 0.122 e. The minimum atomic E-state index is -0.480. The van der Waals surface area contributed by atoms with Crippen molar-refractivity contribution in [1.29, 1.82) is 0 Å². The van der Waals surface area contributed by atoms with E-state index in [0.717, 1.165) is 37.2 Å². The van der Waals surface area contributed by atoms with Gasteiger partial charge < -0.3 is 19.5 Å². The smallest absolute Gasteiger partial charge is 0.122 e. The molecule has 26 heavy (non-hydrogen) atoms. The predicted molar refractivity (Wildman–Crippen MR) is 106 cm³/mol. The summed E-state index contributed by atoms with van der Waals surface area (Å²) in [4.78, 5) is 1.96. The number of aliphatic hydroxyl groups excluding tert-OH is 1. The Morgan fingerprint density at radius 3 is 2.54 bits per heavy atom. The van der Waals surface area contributed by atoms with Crippen molar-refractivity contribution in [3.63, 3.8) is 0 Å². The number of hydrogen-bond acceptors (Lipinski definition) is 4. The van der Waals surface area contributed by atoms with Gasteiger partial charge in [0.15, 0.2) is 0 Å². The molecule has 4 nitrogen and oxygen atoms in total. The largest absolute Gasteiger partial charge is 0.497 e. The van der Waals surface area contributed by atoms with Crippen molar-refractivity contribution in [3.05, 3.63) is 59.7 Å². The van der Waals surface area contributed by atoms with E-state index in [9.17, 15) is 5.11 Å². The van der Waals surface area contributed by atoms with E-state index < -0.39 is 6.10 Å². The van der Waals surface area contributed by atoms with Crippen LogP contribution in [0, 0.1) is 0 Å². The average molecular weight is 357 g/mol. The van der Waals surface area contributed by atoms with E-state index in [0.29, 0.717) is 13.2 Å². The molecule has 0 spiro atoms. The second-order valence-electron chi connectivity index (χ2n) is 6.89. The lowest BCUT2D eigenvalue weighted by atomic mass is 10.0. The molecule has 2 aromatic carbocycles. The van der Waals surface area contributed by atoms with Crippen LogP contribution in [-0.2, 0) is 12.8 Å². The van der Waals surface area contributed by atoms with Crippen LogP contribution < -0.4 is 9.47 Å². The van der Waals surface area contributed by atoms with Gasteiger partial charge in [0.2, 0.25) is 0 Å². The zero-order valence-electron chi connectivity index (χ0n) is 16.1. The monoisotopic (exact) mass is 357 g/mol. The highest BCUT2D eigenvalue weighted by atomic mass is 16.5. The number of para-hydroxylation sites is 1. The Labute approximate surface area is 157 Å². The zero-order valence-corrected chi connectivity index (χ0v) is 16.1. The van der Waals surface area contributed by atoms with E-state index >= 15 is 0 Å². The number of benzene rings is 2. The molecule has 0 radical (unpaired) electrons. The molecule has 0 saturated heterocycles. The molecule has 0 aliphatic rings. The topological polar surface area (TPSA) is 41.9 Å². The van der Waals surface area contributed by atoms with Gasteiger partial charge >= 0.3 is 0 Å². The fourth-order valence-corrected chi connectivity index (χ4v) is 2.98. The fraction of sp³-hybridized carbons (Fsp3) is 0.455. The van der Waals surface area contributed by atoms with Crippen LogP contribution in [0.5, 0.6) is 11.5 Å². The molecule has 0 fully saturated rings. The Morgan fingerprint density at radius 1 is 1.00 bits per heavy atom. The lowest BCUT2D eigenvalue weighted by Crippen LogP contribution is -2.30. The molecule has 2 rings (SSSR count). The Morgan fingerprint density at radius 2 is 1.77 bits per heavy atom. The fourth-order valence-electron chi connectivity index (χ4n) is 2.98. The Bertz CT molecular complexity index is 657. The number of aryl methyl sites for hydroxylation is 2. The van der Waals surface area contributed by atoms with E-state index in [1.807, 2.05) is 49.3 Å². The molecule has 0 aromatic heterocycles. The van der Waals surface area contributed by atoms with Crippen LogP contribution in [0.4, 0.5) is 0 Å². The summed E-state index contributed by atoms with van der Waals surface area (Å²) in [6, 6.07) is 16.4. The van der Waals surface area contributed by atoms with Gasteiger partial charge in [-0.25, -0.2) is 0 Å². The summed E-state index contributed by atoms with van der Waals surface area (Å²) in [5, 5.41) is 9.98. The van der Waals surface area contributed by atoms with Crippen molar-refractivity contribution in [1.82, 2.24) is 4.90 Å². The molecule has 1 N–H and O–H groups in total. The van der Waals surface area contributed by atoms with E-state index in [4.69, 9.17) is 9.47 Å². The summed E-state index contributed by atoms with van der Waals surface area (Å²) < 4.78 is 11.1. The van der Waals surface area contributed by atoms with Gasteiger partial charge in [-0.15, -0.1) is 0 Å². The number of nitrogens with zero attached hydrogens (tertiary/aromatic N) is 1. The normalized spacial score (nSPS) is 12.2. The quantitative estimate of drug-likeness (QED) is 0.625. The molecular weight excluding hydrogens is 326 g/mol. The molecule has 0 amide bonds. The molecule has 1 unspecified atom stereocenters. The molecule has 0 saturated carbocycles. The van der Waals surface area contributed by atoms with E-state index in [2.05, 4.69) is 18.2 Å². The molecule has 142 valence electrons. The van der Waals surface area contributed by atoms with Gasteiger partial charge in [0, 0.05) is 6.54 Å². The van der Waals surface area contributed by atoms with E-state index in [-0.39, 0.29) is 0 Å². The maximum atomic E-state index is 9.98. The Hall–Kier alpha value is -2.04. The molecular formula is C22H31NO3. The summed E-state index contributed by atoms with van der Waals surface area (Å²) >= 11 is 0. The highest BCUT2D eigenvalue weighted by Gasteiger charge is 2.09. The third-order valence-corrected chi connectivity index (χ3v) is 4.28. The first-order chi connectivity index (χ1) is 12.6. The van der Waals surface area contributed by atoms with Crippen LogP contribution >= 0.6 is 0 Å². The number of aliphatic hydroxyl groups is 1. The number of methoxy groups -OCH3 is 1. The van der Waals surface area contributed by atoms with Gasteiger partial charge in [-0.05, 0) is 69.1 Å². The van der Waals surface area contributed by atoms with Gasteiger partial charge in [0.05, 0.1) is 7.11 Å². The summed E-state index contributed by atoms with van der Waals surface area (Å²) in [5.74, 6) is 1.80. The minimum absolute atomic E-state index is 0.318. The number of hydrogen-bond donors (Lipinski definition) is 1. The van der Waals surface area contributed by atoms with Crippen LogP contribution in [0.15, 0.2) is 48.5 Å². The molecule has 1 atom stereocenters. The second kappa shape index (κ2) is 10.8. The lowest BCUT2D eigenvalue weighted by molar-refractivity contribution is 0.0827. The first-order valence-corrected chi connectivity index (χ1v) is 9.25. The van der Waals surface area contributed by atoms with Crippen LogP contribution in [0.1, 0.15) is 24.0 Å². The van der Waals surface area contributed by atoms with Crippen molar-refractivity contribution in [2.75, 3.05) is 34.4 Å². The number of rotatable bonds is 11. The summed E-state index contributed by atoms with van der Waals surface area (Å²) in [7, 11) is 5.59. The second-order valence-corrected chi connectivity index (χ2v) is 6.89. The number of ether oxygens (including phenoxy) is 2. The number of likely N-dealkylation sites (N-methyl/N-ethyl adjacent to an activating group) is 1. The molecule has 2 aromatic rings. The molecule has 0 aliphatic heterocycles. The predicted octanol–water partition coefficient (Wildman–Crippen LogP) is 3.56. The van der Waals surface area contributed by atoms with Gasteiger partial charge in [0.25, 0.3) is 0 Å². The van der Waals surface area contributed by atoms with Crippen molar-refractivity contribution in [2.45, 2.75) is 31.8 Å². The van der Waals surface area contributed by atoms with Crippen molar-refractivity contribution in [3.8, 4) is 11.5 Å². The Balaban J connectivity index is 1.80. The highest BCUT2D eigenvalue weighted by molar-refractivity contribution is 5.33. The molecule has 0 aliphatic carbocycles. The van der Waals surface area contributed by atoms with Gasteiger partial charge in [-0.1, -0.05) is 30.3 Å². The zero-order chi connectivity index (χ0) is 18.8. The van der Waals surface area contributed by atoms with E-state index in [1.165, 1.54) is 11.1 Å². The van der Waals surface area contributed by atoms with Crippen LogP contribution in [0.3, 0.4) is 0 Å². The van der Waals surface area contributed by atoms with Crippen molar-refractivity contribution >= 4 is 0 Å². The van der Waals surface area contributed by atoms with Crippen molar-refractivity contribution < 1.29 is 14.6 Å².